The average molecular weight is 332 g/mol. The first-order valence-electron chi connectivity index (χ1n) is 7.56. The van der Waals surface area contributed by atoms with Gasteiger partial charge < -0.3 is 9.26 Å². The molecule has 0 heterocycles. The summed E-state index contributed by atoms with van der Waals surface area (Å²) in [4.78, 5) is 11.5. The van der Waals surface area contributed by atoms with Gasteiger partial charge >= 0.3 is 5.97 Å². The molecule has 0 spiro atoms. The maximum Gasteiger partial charge on any atom is 0.308 e. The zero-order valence-electron chi connectivity index (χ0n) is 13.3. The zero-order valence-corrected chi connectivity index (χ0v) is 14.2. The fourth-order valence-corrected chi connectivity index (χ4v) is 4.08. The lowest BCUT2D eigenvalue weighted by Gasteiger charge is -2.19. The highest BCUT2D eigenvalue weighted by atomic mass is 31.2. The number of carbonyl (C=O) groups excluding carboxylic acids is 1. The lowest BCUT2D eigenvalue weighted by molar-refractivity contribution is -0.148. The molecule has 4 nitrogen and oxygen atoms in total. The van der Waals surface area contributed by atoms with E-state index in [4.69, 9.17) is 9.26 Å². The highest BCUT2D eigenvalue weighted by Gasteiger charge is 2.28. The van der Waals surface area contributed by atoms with Gasteiger partial charge in [-0.15, -0.1) is 0 Å². The van der Waals surface area contributed by atoms with Crippen molar-refractivity contribution in [1.29, 1.82) is 0 Å². The number of esters is 1. The van der Waals surface area contributed by atoms with Gasteiger partial charge in [0, 0.05) is 10.6 Å². The van der Waals surface area contributed by atoms with Crippen LogP contribution in [-0.4, -0.2) is 19.2 Å². The quantitative estimate of drug-likeness (QED) is 0.444. The normalized spacial score (nSPS) is 11.4. The second-order valence-corrected chi connectivity index (χ2v) is 7.77. The minimum Gasteiger partial charge on any atom is -0.463 e. The molecule has 0 N–H and O–H groups in total. The maximum absolute atomic E-state index is 13.4. The van der Waals surface area contributed by atoms with Crippen LogP contribution in [0.3, 0.4) is 0 Å². The maximum atomic E-state index is 13.4. The smallest absolute Gasteiger partial charge is 0.308 e. The van der Waals surface area contributed by atoms with Crippen molar-refractivity contribution < 1.29 is 18.6 Å². The largest absolute Gasteiger partial charge is 0.463 e. The first kappa shape index (κ1) is 17.5. The van der Waals surface area contributed by atoms with Gasteiger partial charge in [-0.1, -0.05) is 50.2 Å². The standard InChI is InChI=1S/C18H21O4P/c1-15(2)18(19)21-13-14-22-23(20,16-9-5-3-6-10-16)17-11-7-4-8-12-17/h3-12,15H,13-14H2,1-2H3. The molecule has 2 aromatic rings. The molecule has 5 heteroatoms. The van der Waals surface area contributed by atoms with Crippen molar-refractivity contribution in [2.75, 3.05) is 13.2 Å². The first-order chi connectivity index (χ1) is 11.0. The highest BCUT2D eigenvalue weighted by Crippen LogP contribution is 2.44. The molecule has 122 valence electrons. The summed E-state index contributed by atoms with van der Waals surface area (Å²) >= 11 is 0. The molecule has 0 aliphatic heterocycles. The van der Waals surface area contributed by atoms with Crippen molar-refractivity contribution in [2.24, 2.45) is 5.92 Å². The van der Waals surface area contributed by atoms with Crippen LogP contribution in [0, 0.1) is 5.92 Å². The number of ether oxygens (including phenoxy) is 1. The summed E-state index contributed by atoms with van der Waals surface area (Å²) in [7, 11) is -3.20. The van der Waals surface area contributed by atoms with Gasteiger partial charge in [0.1, 0.15) is 6.61 Å². The molecular formula is C18H21O4P. The first-order valence-corrected chi connectivity index (χ1v) is 9.19. The summed E-state index contributed by atoms with van der Waals surface area (Å²) in [6.07, 6.45) is 0. The van der Waals surface area contributed by atoms with Crippen molar-refractivity contribution >= 4 is 23.9 Å². The number of benzene rings is 2. The van der Waals surface area contributed by atoms with Crippen LogP contribution < -0.4 is 10.6 Å². The second-order valence-electron chi connectivity index (χ2n) is 5.38. The summed E-state index contributed by atoms with van der Waals surface area (Å²) in [6.45, 7) is 3.70. The van der Waals surface area contributed by atoms with Crippen LogP contribution in [0.15, 0.2) is 60.7 Å². The molecule has 0 amide bonds. The van der Waals surface area contributed by atoms with Gasteiger partial charge in [0.15, 0.2) is 0 Å². The van der Waals surface area contributed by atoms with Crippen molar-refractivity contribution in [1.82, 2.24) is 0 Å². The number of hydrogen-bond donors (Lipinski definition) is 0. The molecule has 0 saturated carbocycles. The summed E-state index contributed by atoms with van der Waals surface area (Å²) in [5.41, 5.74) is 0. The van der Waals surface area contributed by atoms with Crippen molar-refractivity contribution in [3.63, 3.8) is 0 Å². The van der Waals surface area contributed by atoms with E-state index in [2.05, 4.69) is 0 Å². The SMILES string of the molecule is CC(C)C(=O)OCCOP(=O)(c1ccccc1)c1ccccc1. The molecule has 0 fully saturated rings. The van der Waals surface area contributed by atoms with Gasteiger partial charge in [-0.25, -0.2) is 0 Å². The average Bonchev–Trinajstić information content (AvgIpc) is 2.59. The summed E-state index contributed by atoms with van der Waals surface area (Å²) in [5.74, 6) is -0.479. The Hall–Kier alpha value is -1.90. The van der Waals surface area contributed by atoms with Crippen molar-refractivity contribution in [3.05, 3.63) is 60.7 Å². The van der Waals surface area contributed by atoms with Gasteiger partial charge in [-0.05, 0) is 24.3 Å². The van der Waals surface area contributed by atoms with Crippen molar-refractivity contribution in [2.45, 2.75) is 13.8 Å². The highest BCUT2D eigenvalue weighted by molar-refractivity contribution is 7.74. The van der Waals surface area contributed by atoms with Crippen LogP contribution in [0.1, 0.15) is 13.8 Å². The van der Waals surface area contributed by atoms with E-state index in [1.165, 1.54) is 0 Å². The summed E-state index contributed by atoms with van der Waals surface area (Å²) in [5, 5.41) is 1.25. The molecule has 0 bridgehead atoms. The number of carbonyl (C=O) groups is 1. The van der Waals surface area contributed by atoms with E-state index in [1.54, 1.807) is 38.1 Å². The molecular weight excluding hydrogens is 311 g/mol. The van der Waals surface area contributed by atoms with Crippen LogP contribution in [0.25, 0.3) is 0 Å². The Labute approximate surface area is 136 Å². The lowest BCUT2D eigenvalue weighted by Crippen LogP contribution is -2.21. The van der Waals surface area contributed by atoms with E-state index in [0.717, 1.165) is 0 Å². The minimum absolute atomic E-state index is 0.0829. The van der Waals surface area contributed by atoms with E-state index >= 15 is 0 Å². The third kappa shape index (κ3) is 4.54. The molecule has 0 aromatic heterocycles. The predicted octanol–water partition coefficient (Wildman–Crippen LogP) is 3.13. The molecule has 23 heavy (non-hydrogen) atoms. The van der Waals surface area contributed by atoms with Crippen molar-refractivity contribution in [3.8, 4) is 0 Å². The summed E-state index contributed by atoms with van der Waals surface area (Å²) < 4.78 is 24.2. The van der Waals surface area contributed by atoms with Crippen LogP contribution in [0.2, 0.25) is 0 Å². The van der Waals surface area contributed by atoms with Gasteiger partial charge in [0.05, 0.1) is 12.5 Å². The third-order valence-electron chi connectivity index (χ3n) is 3.26. The number of rotatable bonds is 7. The van der Waals surface area contributed by atoms with E-state index in [0.29, 0.717) is 10.6 Å². The van der Waals surface area contributed by atoms with Gasteiger partial charge in [0.25, 0.3) is 7.37 Å². The van der Waals surface area contributed by atoms with E-state index in [9.17, 15) is 9.36 Å². The predicted molar refractivity (Wildman–Crippen MR) is 91.5 cm³/mol. The second kappa shape index (κ2) is 8.09. The molecule has 0 atom stereocenters. The van der Waals surface area contributed by atoms with Gasteiger partial charge in [-0.2, -0.15) is 0 Å². The Morgan fingerprint density at radius 2 is 1.39 bits per heavy atom. The van der Waals surface area contributed by atoms with Crippen LogP contribution in [0.4, 0.5) is 0 Å². The van der Waals surface area contributed by atoms with Crippen LogP contribution in [-0.2, 0) is 18.6 Å². The Morgan fingerprint density at radius 1 is 0.913 bits per heavy atom. The Bertz CT molecular complexity index is 624. The number of hydrogen-bond acceptors (Lipinski definition) is 4. The fraction of sp³-hybridized carbons (Fsp3) is 0.278. The molecule has 0 radical (unpaired) electrons. The molecule has 0 unspecified atom stereocenters. The Kier molecular flexibility index (Phi) is 6.14. The van der Waals surface area contributed by atoms with Gasteiger partial charge in [-0.3, -0.25) is 9.36 Å². The van der Waals surface area contributed by atoms with Crippen LogP contribution >= 0.6 is 7.37 Å². The zero-order chi connectivity index (χ0) is 16.7. The van der Waals surface area contributed by atoms with Crippen LogP contribution in [0.5, 0.6) is 0 Å². The molecule has 2 rings (SSSR count). The van der Waals surface area contributed by atoms with E-state index in [1.807, 2.05) is 36.4 Å². The topological polar surface area (TPSA) is 52.6 Å². The monoisotopic (exact) mass is 332 g/mol. The lowest BCUT2D eigenvalue weighted by atomic mass is 10.2. The fourth-order valence-electron chi connectivity index (χ4n) is 2.02. The molecule has 0 saturated heterocycles. The Balaban J connectivity index is 2.13. The van der Waals surface area contributed by atoms with E-state index in [-0.39, 0.29) is 25.1 Å². The van der Waals surface area contributed by atoms with E-state index < -0.39 is 7.37 Å². The molecule has 0 aliphatic carbocycles. The third-order valence-corrected chi connectivity index (χ3v) is 5.77. The Morgan fingerprint density at radius 3 is 1.83 bits per heavy atom. The molecule has 0 aliphatic rings. The summed E-state index contributed by atoms with van der Waals surface area (Å²) in [6, 6.07) is 18.2. The van der Waals surface area contributed by atoms with Gasteiger partial charge in [0.2, 0.25) is 0 Å². The molecule has 2 aromatic carbocycles. The minimum atomic E-state index is -3.20.